The Balaban J connectivity index is 1.87. The van der Waals surface area contributed by atoms with Crippen molar-refractivity contribution in [2.24, 2.45) is 5.92 Å². The summed E-state index contributed by atoms with van der Waals surface area (Å²) in [4.78, 5) is 0. The standard InChI is InChI=1S/C13H22N2O2S2/c1-10(2)14-8-12-7-13(18-9-12)19(16,17)15-6-5-11-3-4-11/h7,9-11,14-15H,3-6,8H2,1-2H3. The number of thiophene rings is 1. The smallest absolute Gasteiger partial charge is 0.250 e. The quantitative estimate of drug-likeness (QED) is 0.775. The maximum Gasteiger partial charge on any atom is 0.250 e. The third kappa shape index (κ3) is 4.87. The van der Waals surface area contributed by atoms with Gasteiger partial charge in [0.05, 0.1) is 0 Å². The zero-order valence-electron chi connectivity index (χ0n) is 11.5. The molecule has 1 fully saturated rings. The van der Waals surface area contributed by atoms with Crippen molar-refractivity contribution in [3.05, 3.63) is 17.0 Å². The molecular formula is C13H22N2O2S2. The van der Waals surface area contributed by atoms with Crippen LogP contribution in [0.1, 0.15) is 38.7 Å². The maximum atomic E-state index is 12.1. The fourth-order valence-electron chi connectivity index (χ4n) is 1.78. The molecule has 0 atom stereocenters. The lowest BCUT2D eigenvalue weighted by molar-refractivity contribution is 0.576. The number of hydrogen-bond donors (Lipinski definition) is 2. The van der Waals surface area contributed by atoms with Gasteiger partial charge in [0.1, 0.15) is 4.21 Å². The highest BCUT2D eigenvalue weighted by Crippen LogP contribution is 2.32. The Morgan fingerprint density at radius 1 is 1.42 bits per heavy atom. The first-order chi connectivity index (χ1) is 8.97. The van der Waals surface area contributed by atoms with E-state index in [2.05, 4.69) is 23.9 Å². The minimum atomic E-state index is -3.31. The average Bonchev–Trinajstić information content (AvgIpc) is 3.02. The molecule has 0 amide bonds. The summed E-state index contributed by atoms with van der Waals surface area (Å²) >= 11 is 1.29. The van der Waals surface area contributed by atoms with Gasteiger partial charge in [0.25, 0.3) is 0 Å². The lowest BCUT2D eigenvalue weighted by Crippen LogP contribution is -2.24. The molecule has 6 heteroatoms. The first kappa shape index (κ1) is 15.0. The number of nitrogens with one attached hydrogen (secondary N) is 2. The van der Waals surface area contributed by atoms with Crippen molar-refractivity contribution in [1.82, 2.24) is 10.0 Å². The number of sulfonamides is 1. The van der Waals surface area contributed by atoms with Crippen molar-refractivity contribution in [3.63, 3.8) is 0 Å². The van der Waals surface area contributed by atoms with E-state index in [1.807, 2.05) is 5.38 Å². The van der Waals surface area contributed by atoms with Crippen molar-refractivity contribution in [3.8, 4) is 0 Å². The molecule has 2 N–H and O–H groups in total. The Kier molecular flexibility index (Phi) is 5.00. The van der Waals surface area contributed by atoms with E-state index in [0.29, 0.717) is 23.3 Å². The van der Waals surface area contributed by atoms with Crippen molar-refractivity contribution in [2.75, 3.05) is 6.54 Å². The molecule has 1 saturated carbocycles. The summed E-state index contributed by atoms with van der Waals surface area (Å²) < 4.78 is 27.2. The van der Waals surface area contributed by atoms with Crippen LogP contribution in [-0.2, 0) is 16.6 Å². The van der Waals surface area contributed by atoms with Crippen molar-refractivity contribution in [2.45, 2.75) is 49.9 Å². The summed E-state index contributed by atoms with van der Waals surface area (Å²) in [6.45, 7) is 5.42. The second kappa shape index (κ2) is 6.35. The molecule has 4 nitrogen and oxygen atoms in total. The molecule has 0 saturated heterocycles. The zero-order chi connectivity index (χ0) is 13.9. The molecular weight excluding hydrogens is 280 g/mol. The number of hydrogen-bond acceptors (Lipinski definition) is 4. The van der Waals surface area contributed by atoms with Gasteiger partial charge in [-0.05, 0) is 29.3 Å². The third-order valence-corrected chi connectivity index (χ3v) is 6.10. The van der Waals surface area contributed by atoms with Gasteiger partial charge in [-0.1, -0.05) is 26.7 Å². The van der Waals surface area contributed by atoms with Crippen molar-refractivity contribution in [1.29, 1.82) is 0 Å². The lowest BCUT2D eigenvalue weighted by Gasteiger charge is -2.05. The molecule has 19 heavy (non-hydrogen) atoms. The van der Waals surface area contributed by atoms with Crippen LogP contribution < -0.4 is 10.0 Å². The Hall–Kier alpha value is -0.430. The van der Waals surface area contributed by atoms with Crippen LogP contribution in [0.4, 0.5) is 0 Å². The molecule has 0 aliphatic heterocycles. The van der Waals surface area contributed by atoms with E-state index in [-0.39, 0.29) is 0 Å². The van der Waals surface area contributed by atoms with Gasteiger partial charge in [0, 0.05) is 19.1 Å². The van der Waals surface area contributed by atoms with Crippen molar-refractivity contribution >= 4 is 21.4 Å². The summed E-state index contributed by atoms with van der Waals surface area (Å²) in [6.07, 6.45) is 3.48. The zero-order valence-corrected chi connectivity index (χ0v) is 13.1. The first-order valence-corrected chi connectivity index (χ1v) is 9.14. The van der Waals surface area contributed by atoms with Crippen LogP contribution in [-0.4, -0.2) is 21.0 Å². The van der Waals surface area contributed by atoms with Crippen molar-refractivity contribution < 1.29 is 8.42 Å². The van der Waals surface area contributed by atoms with E-state index in [1.54, 1.807) is 6.07 Å². The predicted octanol–water partition coefficient (Wildman–Crippen LogP) is 2.32. The van der Waals surface area contributed by atoms with E-state index < -0.39 is 10.0 Å². The summed E-state index contributed by atoms with van der Waals surface area (Å²) in [5.41, 5.74) is 1.03. The highest BCUT2D eigenvalue weighted by Gasteiger charge is 2.22. The van der Waals surface area contributed by atoms with Crippen LogP contribution >= 0.6 is 11.3 Å². The highest BCUT2D eigenvalue weighted by atomic mass is 32.2. The van der Waals surface area contributed by atoms with Crippen LogP contribution in [0, 0.1) is 5.92 Å². The minimum absolute atomic E-state index is 0.400. The van der Waals surface area contributed by atoms with E-state index in [0.717, 1.165) is 17.9 Å². The van der Waals surface area contributed by atoms with Gasteiger partial charge in [-0.25, -0.2) is 13.1 Å². The predicted molar refractivity (Wildman–Crippen MR) is 78.8 cm³/mol. The van der Waals surface area contributed by atoms with Gasteiger partial charge in [-0.2, -0.15) is 0 Å². The molecule has 1 aromatic heterocycles. The van der Waals surface area contributed by atoms with E-state index in [4.69, 9.17) is 0 Å². The van der Waals surface area contributed by atoms with E-state index in [1.165, 1.54) is 24.2 Å². The van der Waals surface area contributed by atoms with Crippen LogP contribution in [0.2, 0.25) is 0 Å². The Morgan fingerprint density at radius 3 is 2.79 bits per heavy atom. The van der Waals surface area contributed by atoms with Gasteiger partial charge in [-0.15, -0.1) is 11.3 Å². The average molecular weight is 302 g/mol. The summed E-state index contributed by atoms with van der Waals surface area (Å²) in [5, 5.41) is 5.19. The summed E-state index contributed by atoms with van der Waals surface area (Å²) in [6, 6.07) is 2.16. The van der Waals surface area contributed by atoms with Gasteiger partial charge in [-0.3, -0.25) is 0 Å². The second-order valence-electron chi connectivity index (χ2n) is 5.44. The molecule has 0 radical (unpaired) electrons. The van der Waals surface area contributed by atoms with Gasteiger partial charge in [0.2, 0.25) is 10.0 Å². The third-order valence-electron chi connectivity index (χ3n) is 3.15. The molecule has 108 valence electrons. The lowest BCUT2D eigenvalue weighted by atomic mass is 10.3. The largest absolute Gasteiger partial charge is 0.310 e. The van der Waals surface area contributed by atoms with E-state index >= 15 is 0 Å². The molecule has 0 aromatic carbocycles. The Bertz CT molecular complexity index is 504. The monoisotopic (exact) mass is 302 g/mol. The van der Waals surface area contributed by atoms with Gasteiger partial charge < -0.3 is 5.32 Å². The number of rotatable bonds is 8. The van der Waals surface area contributed by atoms with Crippen LogP contribution in [0.15, 0.2) is 15.7 Å². The Morgan fingerprint density at radius 2 is 2.16 bits per heavy atom. The normalized spacial score (nSPS) is 16.2. The summed E-state index contributed by atoms with van der Waals surface area (Å²) in [5.74, 6) is 0.747. The van der Waals surface area contributed by atoms with Gasteiger partial charge in [0.15, 0.2) is 0 Å². The van der Waals surface area contributed by atoms with Gasteiger partial charge >= 0.3 is 0 Å². The fraction of sp³-hybridized carbons (Fsp3) is 0.692. The highest BCUT2D eigenvalue weighted by molar-refractivity contribution is 7.91. The molecule has 1 heterocycles. The minimum Gasteiger partial charge on any atom is -0.310 e. The molecule has 1 aliphatic rings. The second-order valence-corrected chi connectivity index (χ2v) is 8.34. The summed E-state index contributed by atoms with van der Waals surface area (Å²) in [7, 11) is -3.31. The van der Waals surface area contributed by atoms with E-state index in [9.17, 15) is 8.42 Å². The topological polar surface area (TPSA) is 58.2 Å². The molecule has 1 aliphatic carbocycles. The Labute approximate surface area is 119 Å². The SMILES string of the molecule is CC(C)NCc1csc(S(=O)(=O)NCCC2CC2)c1. The molecule has 0 unspecified atom stereocenters. The molecule has 0 bridgehead atoms. The maximum absolute atomic E-state index is 12.1. The molecule has 0 spiro atoms. The first-order valence-electron chi connectivity index (χ1n) is 6.78. The van der Waals surface area contributed by atoms with Crippen LogP contribution in [0.25, 0.3) is 0 Å². The van der Waals surface area contributed by atoms with Crippen LogP contribution in [0.3, 0.4) is 0 Å². The fourth-order valence-corrected chi connectivity index (χ4v) is 4.09. The molecule has 1 aromatic rings. The van der Waals surface area contributed by atoms with Crippen LogP contribution in [0.5, 0.6) is 0 Å². The molecule has 2 rings (SSSR count).